The molecule has 9 heteroatoms. The molecule has 0 radical (unpaired) electrons. The fourth-order valence-electron chi connectivity index (χ4n) is 5.89. The minimum atomic E-state index is -0.123. The topological polar surface area (TPSA) is 72.5 Å². The summed E-state index contributed by atoms with van der Waals surface area (Å²) in [6, 6.07) is 10.6. The number of anilines is 2. The Hall–Kier alpha value is -2.75. The van der Waals surface area contributed by atoms with Crippen molar-refractivity contribution in [1.82, 2.24) is 20.7 Å². The number of nitrogens with one attached hydrogen (secondary N) is 3. The largest absolute Gasteiger partial charge is 0.386 e. The summed E-state index contributed by atoms with van der Waals surface area (Å²) < 4.78 is 13.4. The van der Waals surface area contributed by atoms with Crippen LogP contribution in [-0.2, 0) is 6.42 Å². The summed E-state index contributed by atoms with van der Waals surface area (Å²) in [5.41, 5.74) is 7.63. The van der Waals surface area contributed by atoms with E-state index < -0.39 is 0 Å². The highest BCUT2D eigenvalue weighted by molar-refractivity contribution is 7.21. The lowest BCUT2D eigenvalue weighted by atomic mass is 9.93. The number of benzene rings is 1. The van der Waals surface area contributed by atoms with Gasteiger partial charge in [0, 0.05) is 50.0 Å². The normalized spacial score (nSPS) is 20.6. The van der Waals surface area contributed by atoms with E-state index in [1.54, 1.807) is 0 Å². The molecule has 0 spiro atoms. The number of nitrogens with zero attached hydrogens (tertiary/aromatic N) is 3. The summed E-state index contributed by atoms with van der Waals surface area (Å²) in [6.07, 6.45) is 4.89. The average molecular weight is 539 g/mol. The van der Waals surface area contributed by atoms with Gasteiger partial charge >= 0.3 is 0 Å². The number of rotatable bonds is 8. The smallest absolute Gasteiger partial charge is 0.263 e. The summed E-state index contributed by atoms with van der Waals surface area (Å²) in [4.78, 5) is 24.0. The summed E-state index contributed by atoms with van der Waals surface area (Å²) in [5.74, 6) is 0.399. The number of pyridine rings is 1. The number of amides is 1. The van der Waals surface area contributed by atoms with Crippen LogP contribution in [0.4, 0.5) is 15.9 Å². The fourth-order valence-corrected chi connectivity index (χ4v) is 7.03. The van der Waals surface area contributed by atoms with E-state index in [-0.39, 0.29) is 11.9 Å². The SMILES string of the molecule is CNc1c(C(=O)NCCc2ccc(N3CCCCC(NF)C3)c(C3CCN(C)C3)c2)sc2nc(C)ccc12. The molecule has 4 heterocycles. The summed E-state index contributed by atoms with van der Waals surface area (Å²) in [5, 5.41) is 7.30. The quantitative estimate of drug-likeness (QED) is 0.356. The molecule has 204 valence electrons. The molecule has 5 rings (SSSR count). The Labute approximate surface area is 228 Å². The molecule has 1 aromatic carbocycles. The van der Waals surface area contributed by atoms with E-state index in [1.807, 2.05) is 31.6 Å². The molecule has 3 N–H and O–H groups in total. The Kier molecular flexibility index (Phi) is 8.45. The van der Waals surface area contributed by atoms with Crippen LogP contribution in [0.1, 0.15) is 58.1 Å². The molecule has 2 aliphatic rings. The Morgan fingerprint density at radius 2 is 2.03 bits per heavy atom. The molecule has 1 amide bonds. The molecule has 2 saturated heterocycles. The predicted octanol–water partition coefficient (Wildman–Crippen LogP) is 4.87. The van der Waals surface area contributed by atoms with E-state index in [1.165, 1.54) is 28.2 Å². The third-order valence-electron chi connectivity index (χ3n) is 7.94. The first-order valence-corrected chi connectivity index (χ1v) is 14.6. The zero-order chi connectivity index (χ0) is 26.6. The molecule has 0 bridgehead atoms. The van der Waals surface area contributed by atoms with Crippen molar-refractivity contribution in [3.63, 3.8) is 0 Å². The zero-order valence-electron chi connectivity index (χ0n) is 22.6. The minimum Gasteiger partial charge on any atom is -0.386 e. The number of halogens is 1. The van der Waals surface area contributed by atoms with Gasteiger partial charge < -0.3 is 20.4 Å². The molecule has 7 nitrogen and oxygen atoms in total. The van der Waals surface area contributed by atoms with Crippen LogP contribution < -0.4 is 21.1 Å². The second-order valence-electron chi connectivity index (χ2n) is 10.8. The minimum absolute atomic E-state index is 0.0707. The van der Waals surface area contributed by atoms with E-state index in [0.717, 1.165) is 73.3 Å². The number of thiophene rings is 1. The first kappa shape index (κ1) is 26.8. The molecule has 0 saturated carbocycles. The van der Waals surface area contributed by atoms with Crippen molar-refractivity contribution in [2.45, 2.75) is 51.0 Å². The van der Waals surface area contributed by atoms with E-state index >= 15 is 0 Å². The van der Waals surface area contributed by atoms with Crippen molar-refractivity contribution in [3.05, 3.63) is 52.0 Å². The Bertz CT molecular complexity index is 1280. The van der Waals surface area contributed by atoms with Gasteiger partial charge in [-0.25, -0.2) is 4.98 Å². The summed E-state index contributed by atoms with van der Waals surface area (Å²) in [7, 11) is 4.02. The van der Waals surface area contributed by atoms with Crippen molar-refractivity contribution >= 4 is 38.8 Å². The summed E-state index contributed by atoms with van der Waals surface area (Å²) >= 11 is 1.43. The molecule has 0 aliphatic carbocycles. The number of hydrogen-bond donors (Lipinski definition) is 3. The first-order chi connectivity index (χ1) is 18.5. The second-order valence-corrected chi connectivity index (χ2v) is 11.8. The van der Waals surface area contributed by atoms with Gasteiger partial charge in [-0.2, -0.15) is 5.54 Å². The third-order valence-corrected chi connectivity index (χ3v) is 9.04. The van der Waals surface area contributed by atoms with Crippen LogP contribution in [0.2, 0.25) is 0 Å². The molecule has 38 heavy (non-hydrogen) atoms. The number of hydrogen-bond acceptors (Lipinski definition) is 7. The molecule has 2 aliphatic heterocycles. The van der Waals surface area contributed by atoms with Crippen LogP contribution in [0.25, 0.3) is 10.2 Å². The van der Waals surface area contributed by atoms with Crippen LogP contribution in [0.15, 0.2) is 30.3 Å². The summed E-state index contributed by atoms with van der Waals surface area (Å²) in [6.45, 7) is 6.31. The van der Waals surface area contributed by atoms with Crippen molar-refractivity contribution in [1.29, 1.82) is 0 Å². The Balaban J connectivity index is 1.31. The Morgan fingerprint density at radius 1 is 1.16 bits per heavy atom. The number of carbonyl (C=O) groups excluding carboxylic acids is 1. The van der Waals surface area contributed by atoms with Crippen molar-refractivity contribution in [3.8, 4) is 0 Å². The highest BCUT2D eigenvalue weighted by atomic mass is 32.1. The highest BCUT2D eigenvalue weighted by Gasteiger charge is 2.27. The second kappa shape index (κ2) is 12.0. The molecule has 2 aromatic heterocycles. The monoisotopic (exact) mass is 538 g/mol. The predicted molar refractivity (Wildman–Crippen MR) is 155 cm³/mol. The van der Waals surface area contributed by atoms with Gasteiger partial charge in [0.25, 0.3) is 5.91 Å². The van der Waals surface area contributed by atoms with Gasteiger partial charge in [-0.3, -0.25) is 4.79 Å². The zero-order valence-corrected chi connectivity index (χ0v) is 23.5. The lowest BCUT2D eigenvalue weighted by Crippen LogP contribution is -2.37. The third kappa shape index (κ3) is 5.80. The highest BCUT2D eigenvalue weighted by Crippen LogP contribution is 2.36. The molecule has 2 unspecified atom stereocenters. The van der Waals surface area contributed by atoms with E-state index in [2.05, 4.69) is 50.7 Å². The number of likely N-dealkylation sites (tertiary alicyclic amines) is 1. The van der Waals surface area contributed by atoms with Gasteiger partial charge in [0.1, 0.15) is 9.71 Å². The van der Waals surface area contributed by atoms with Crippen LogP contribution in [0.5, 0.6) is 0 Å². The number of likely N-dealkylation sites (N-methyl/N-ethyl adjacent to an activating group) is 1. The van der Waals surface area contributed by atoms with E-state index in [9.17, 15) is 9.28 Å². The van der Waals surface area contributed by atoms with Crippen LogP contribution in [0, 0.1) is 6.92 Å². The molecular formula is C29H39FN6OS. The maximum Gasteiger partial charge on any atom is 0.263 e. The molecule has 2 fully saturated rings. The number of aromatic nitrogens is 1. The molecule has 2 atom stereocenters. The fraction of sp³-hybridized carbons (Fsp3) is 0.517. The number of aryl methyl sites for hydroxylation is 1. The van der Waals surface area contributed by atoms with Gasteiger partial charge in [0.2, 0.25) is 0 Å². The van der Waals surface area contributed by atoms with Crippen LogP contribution in [-0.4, -0.2) is 68.7 Å². The lowest BCUT2D eigenvalue weighted by molar-refractivity contribution is 0.0959. The molecular weight excluding hydrogens is 499 g/mol. The number of fused-ring (bicyclic) bond motifs is 1. The maximum atomic E-state index is 13.4. The number of carbonyl (C=O) groups is 1. The molecule has 3 aromatic rings. The average Bonchev–Trinajstić information content (AvgIpc) is 3.43. The van der Waals surface area contributed by atoms with Crippen molar-refractivity contribution in [2.24, 2.45) is 0 Å². The van der Waals surface area contributed by atoms with Gasteiger partial charge in [0.05, 0.1) is 11.7 Å². The van der Waals surface area contributed by atoms with Crippen molar-refractivity contribution < 1.29 is 9.28 Å². The maximum absolute atomic E-state index is 13.4. The van der Waals surface area contributed by atoms with Crippen LogP contribution in [0.3, 0.4) is 0 Å². The standard InChI is InChI=1S/C29H39FN6OS/c1-19-7-9-23-26(31-2)27(38-29(23)33-19)28(37)32-13-11-20-8-10-25(24(16-20)21-12-15-35(3)17-21)36-14-5-4-6-22(18-36)34-30/h7-10,16,21-22,31,34H,4-6,11-15,17-18H2,1-3H3,(H,32,37). The van der Waals surface area contributed by atoms with E-state index in [4.69, 9.17) is 0 Å². The van der Waals surface area contributed by atoms with Gasteiger partial charge in [-0.1, -0.05) is 12.1 Å². The lowest BCUT2D eigenvalue weighted by Gasteiger charge is -2.30. The van der Waals surface area contributed by atoms with Crippen molar-refractivity contribution in [2.75, 3.05) is 57.0 Å². The first-order valence-electron chi connectivity index (χ1n) is 13.8. The van der Waals surface area contributed by atoms with E-state index in [0.29, 0.717) is 23.9 Å². The van der Waals surface area contributed by atoms with Gasteiger partial charge in [0.15, 0.2) is 0 Å². The van der Waals surface area contributed by atoms with Gasteiger partial charge in [-0.05, 0) is 87.9 Å². The van der Waals surface area contributed by atoms with Gasteiger partial charge in [-0.15, -0.1) is 15.8 Å². The Morgan fingerprint density at radius 3 is 2.79 bits per heavy atom. The van der Waals surface area contributed by atoms with Crippen LogP contribution >= 0.6 is 11.3 Å².